The second-order valence-corrected chi connectivity index (χ2v) is 7.48. The molecule has 2 aromatic rings. The first kappa shape index (κ1) is 16.8. The van der Waals surface area contributed by atoms with Crippen LogP contribution in [0, 0.1) is 12.3 Å². The lowest BCUT2D eigenvalue weighted by Crippen LogP contribution is -2.47. The van der Waals surface area contributed by atoms with Gasteiger partial charge in [-0.1, -0.05) is 13.0 Å². The van der Waals surface area contributed by atoms with E-state index in [1.165, 1.54) is 5.56 Å². The molecule has 1 unspecified atom stereocenters. The normalized spacial score (nSPS) is 21.8. The molecule has 2 aliphatic rings. The van der Waals surface area contributed by atoms with E-state index in [1.807, 2.05) is 11.0 Å². The molecule has 0 aliphatic carbocycles. The third-order valence-corrected chi connectivity index (χ3v) is 5.20. The number of piperidine rings is 1. The Morgan fingerprint density at radius 1 is 1.31 bits per heavy atom. The summed E-state index contributed by atoms with van der Waals surface area (Å²) in [6, 6.07) is 6.11. The van der Waals surface area contributed by atoms with Crippen LogP contribution in [-0.2, 0) is 17.8 Å². The summed E-state index contributed by atoms with van der Waals surface area (Å²) < 4.78 is 12.4. The molecule has 3 heterocycles. The van der Waals surface area contributed by atoms with Crippen molar-refractivity contribution in [2.24, 2.45) is 5.41 Å². The molecule has 1 atom stereocenters. The van der Waals surface area contributed by atoms with Gasteiger partial charge in [-0.3, -0.25) is 4.79 Å². The van der Waals surface area contributed by atoms with Crippen molar-refractivity contribution in [2.45, 2.75) is 39.7 Å². The molecule has 0 saturated carbocycles. The first-order valence-electron chi connectivity index (χ1n) is 8.92. The molecule has 26 heavy (non-hydrogen) atoms. The molecule has 1 aromatic heterocycles. The quantitative estimate of drug-likeness (QED) is 0.826. The van der Waals surface area contributed by atoms with Gasteiger partial charge in [0.25, 0.3) is 0 Å². The maximum Gasteiger partial charge on any atom is 0.244 e. The van der Waals surface area contributed by atoms with Crippen molar-refractivity contribution in [2.75, 3.05) is 19.9 Å². The van der Waals surface area contributed by atoms with E-state index in [0.29, 0.717) is 5.82 Å². The molecule has 0 spiro atoms. The number of aromatic nitrogens is 4. The second-order valence-electron chi connectivity index (χ2n) is 7.48. The van der Waals surface area contributed by atoms with Crippen molar-refractivity contribution in [1.82, 2.24) is 25.1 Å². The molecule has 4 rings (SSSR count). The van der Waals surface area contributed by atoms with Crippen LogP contribution < -0.4 is 9.47 Å². The van der Waals surface area contributed by atoms with Crippen LogP contribution in [0.3, 0.4) is 0 Å². The van der Waals surface area contributed by atoms with Gasteiger partial charge in [0.05, 0.1) is 0 Å². The fraction of sp³-hybridized carbons (Fsp3) is 0.556. The summed E-state index contributed by atoms with van der Waals surface area (Å²) in [6.07, 6.45) is 2.99. The van der Waals surface area contributed by atoms with E-state index in [0.717, 1.165) is 43.9 Å². The van der Waals surface area contributed by atoms with Gasteiger partial charge in [-0.25, -0.2) is 4.68 Å². The summed E-state index contributed by atoms with van der Waals surface area (Å²) in [5.74, 6) is 2.33. The molecule has 1 saturated heterocycles. The Kier molecular flexibility index (Phi) is 4.26. The van der Waals surface area contributed by atoms with Crippen LogP contribution in [-0.4, -0.2) is 50.9 Å². The van der Waals surface area contributed by atoms with E-state index in [2.05, 4.69) is 34.6 Å². The smallest absolute Gasteiger partial charge is 0.244 e. The number of hydrogen-bond donors (Lipinski definition) is 0. The number of fused-ring (bicyclic) bond motifs is 1. The lowest BCUT2D eigenvalue weighted by molar-refractivity contribution is -0.135. The van der Waals surface area contributed by atoms with E-state index < -0.39 is 0 Å². The van der Waals surface area contributed by atoms with Crippen LogP contribution in [0.1, 0.15) is 31.2 Å². The zero-order chi connectivity index (χ0) is 18.1. The van der Waals surface area contributed by atoms with Crippen LogP contribution in [0.25, 0.3) is 0 Å². The van der Waals surface area contributed by atoms with Gasteiger partial charge in [0, 0.05) is 13.1 Å². The standard InChI is InChI=1S/C18H23N5O3/c1-13-19-20-21-23(13)10-17(24)22-7-3-6-18(2,11-22)9-14-4-5-15-16(8-14)26-12-25-15/h4-5,8H,3,6-7,9-12H2,1-2H3. The van der Waals surface area contributed by atoms with Gasteiger partial charge in [0.15, 0.2) is 11.5 Å². The van der Waals surface area contributed by atoms with Crippen molar-refractivity contribution < 1.29 is 14.3 Å². The SMILES string of the molecule is Cc1nnnn1CC(=O)N1CCCC(C)(Cc2ccc3c(c2)OCO3)C1. The minimum absolute atomic E-state index is 0.0390. The van der Waals surface area contributed by atoms with E-state index in [-0.39, 0.29) is 24.7 Å². The zero-order valence-electron chi connectivity index (χ0n) is 15.1. The zero-order valence-corrected chi connectivity index (χ0v) is 15.1. The molecule has 138 valence electrons. The van der Waals surface area contributed by atoms with Gasteiger partial charge in [-0.2, -0.15) is 0 Å². The average molecular weight is 357 g/mol. The van der Waals surface area contributed by atoms with Crippen LogP contribution in [0.15, 0.2) is 18.2 Å². The van der Waals surface area contributed by atoms with Gasteiger partial charge < -0.3 is 14.4 Å². The number of nitrogens with zero attached hydrogens (tertiary/aromatic N) is 5. The van der Waals surface area contributed by atoms with Gasteiger partial charge in [0.2, 0.25) is 12.7 Å². The van der Waals surface area contributed by atoms with Gasteiger partial charge >= 0.3 is 0 Å². The predicted molar refractivity (Wildman–Crippen MR) is 92.7 cm³/mol. The highest BCUT2D eigenvalue weighted by Gasteiger charge is 2.34. The van der Waals surface area contributed by atoms with Crippen molar-refractivity contribution in [3.63, 3.8) is 0 Å². The van der Waals surface area contributed by atoms with Crippen molar-refractivity contribution in [3.8, 4) is 11.5 Å². The Labute approximate surface area is 152 Å². The number of carbonyl (C=O) groups is 1. The van der Waals surface area contributed by atoms with Crippen molar-refractivity contribution in [1.29, 1.82) is 0 Å². The molecule has 0 radical (unpaired) electrons. The first-order valence-corrected chi connectivity index (χ1v) is 8.92. The minimum atomic E-state index is 0.0390. The average Bonchev–Trinajstić information content (AvgIpc) is 3.23. The highest BCUT2D eigenvalue weighted by molar-refractivity contribution is 5.76. The van der Waals surface area contributed by atoms with Gasteiger partial charge in [-0.05, 0) is 59.7 Å². The molecule has 1 fully saturated rings. The number of aryl methyl sites for hydroxylation is 1. The largest absolute Gasteiger partial charge is 0.454 e. The van der Waals surface area contributed by atoms with Gasteiger partial charge in [0.1, 0.15) is 12.4 Å². The molecule has 1 amide bonds. The summed E-state index contributed by atoms with van der Waals surface area (Å²) in [5.41, 5.74) is 1.25. The van der Waals surface area contributed by atoms with Crippen LogP contribution >= 0.6 is 0 Å². The number of benzene rings is 1. The molecule has 0 N–H and O–H groups in total. The topological polar surface area (TPSA) is 82.4 Å². The lowest BCUT2D eigenvalue weighted by atomic mass is 9.77. The maximum absolute atomic E-state index is 12.7. The van der Waals surface area contributed by atoms with E-state index in [1.54, 1.807) is 11.6 Å². The fourth-order valence-electron chi connectivity index (χ4n) is 3.84. The minimum Gasteiger partial charge on any atom is -0.454 e. The van der Waals surface area contributed by atoms with E-state index >= 15 is 0 Å². The maximum atomic E-state index is 12.7. The monoisotopic (exact) mass is 357 g/mol. The van der Waals surface area contributed by atoms with E-state index in [9.17, 15) is 4.79 Å². The third kappa shape index (κ3) is 3.36. The van der Waals surface area contributed by atoms with Crippen molar-refractivity contribution >= 4 is 5.91 Å². The number of hydrogen-bond acceptors (Lipinski definition) is 6. The van der Waals surface area contributed by atoms with Crippen molar-refractivity contribution in [3.05, 3.63) is 29.6 Å². The molecule has 1 aromatic carbocycles. The predicted octanol–water partition coefficient (Wildman–Crippen LogP) is 1.58. The van der Waals surface area contributed by atoms with Gasteiger partial charge in [-0.15, -0.1) is 5.10 Å². The fourth-order valence-corrected chi connectivity index (χ4v) is 3.84. The Bertz CT molecular complexity index is 821. The van der Waals surface area contributed by atoms with Crippen LogP contribution in [0.2, 0.25) is 0 Å². The Balaban J connectivity index is 1.43. The molecular weight excluding hydrogens is 334 g/mol. The van der Waals surface area contributed by atoms with E-state index in [4.69, 9.17) is 9.47 Å². The summed E-state index contributed by atoms with van der Waals surface area (Å²) in [4.78, 5) is 14.6. The number of carbonyl (C=O) groups excluding carboxylic acids is 1. The summed E-state index contributed by atoms with van der Waals surface area (Å²) >= 11 is 0. The second kappa shape index (κ2) is 6.59. The third-order valence-electron chi connectivity index (χ3n) is 5.20. The molecule has 8 nitrogen and oxygen atoms in total. The highest BCUT2D eigenvalue weighted by Crippen LogP contribution is 2.37. The number of ether oxygens (including phenoxy) is 2. The summed E-state index contributed by atoms with van der Waals surface area (Å²) in [7, 11) is 0. The van der Waals surface area contributed by atoms with Crippen LogP contribution in [0.4, 0.5) is 0 Å². The number of likely N-dealkylation sites (tertiary alicyclic amines) is 1. The summed E-state index contributed by atoms with van der Waals surface area (Å²) in [5, 5.41) is 11.3. The van der Waals surface area contributed by atoms with Crippen LogP contribution in [0.5, 0.6) is 11.5 Å². The summed E-state index contributed by atoms with van der Waals surface area (Å²) in [6.45, 7) is 6.05. The lowest BCUT2D eigenvalue weighted by Gasteiger charge is -2.40. The number of rotatable bonds is 4. The number of tetrazole rings is 1. The Hall–Kier alpha value is -2.64. The Morgan fingerprint density at radius 2 is 2.15 bits per heavy atom. The molecule has 0 bridgehead atoms. The molecular formula is C18H23N5O3. The molecule has 8 heteroatoms. The Morgan fingerprint density at radius 3 is 2.96 bits per heavy atom. The number of amides is 1. The highest BCUT2D eigenvalue weighted by atomic mass is 16.7. The molecule has 2 aliphatic heterocycles. The first-order chi connectivity index (χ1) is 12.5.